The molecule has 0 saturated carbocycles. The van der Waals surface area contributed by atoms with Crippen molar-refractivity contribution in [2.45, 2.75) is 6.17 Å². The molecule has 0 radical (unpaired) electrons. The number of nitrogens with one attached hydrogen (secondary N) is 1. The van der Waals surface area contributed by atoms with Crippen LogP contribution in [-0.4, -0.2) is 20.8 Å². The van der Waals surface area contributed by atoms with E-state index in [-0.39, 0.29) is 0 Å². The maximum atomic E-state index is 6.75. The number of fused-ring (bicyclic) bond motifs is 12. The van der Waals surface area contributed by atoms with Crippen molar-refractivity contribution in [3.8, 4) is 11.4 Å². The molecule has 0 saturated heterocycles. The Morgan fingerprint density at radius 2 is 1.00 bits per heavy atom. The lowest BCUT2D eigenvalue weighted by Gasteiger charge is -2.26. The van der Waals surface area contributed by atoms with Gasteiger partial charge >= 0.3 is 0 Å². The molecular formula is C63H39N5O. The van der Waals surface area contributed by atoms with Crippen LogP contribution < -0.4 is 5.32 Å². The van der Waals surface area contributed by atoms with Crippen molar-refractivity contribution < 1.29 is 4.42 Å². The summed E-state index contributed by atoms with van der Waals surface area (Å²) in [4.78, 5) is 11.3. The van der Waals surface area contributed by atoms with E-state index >= 15 is 0 Å². The van der Waals surface area contributed by atoms with Crippen LogP contribution in [0.15, 0.2) is 239 Å². The SMILES string of the molecule is c1ccc(-n2c3ccccc3c3cccc(C4=NC(c5ccc6ccccc6c5)NC(c5cc6c(cc5-n5c7cc8ccccc8cc7c7cc8ccccc8cc75)oc5ccccc56)=N4)c32)cc1. The number of nitrogens with zero attached hydrogens (tertiary/aromatic N) is 4. The van der Waals surface area contributed by atoms with Gasteiger partial charge in [0, 0.05) is 55.2 Å². The van der Waals surface area contributed by atoms with Gasteiger partial charge in [0.05, 0.1) is 27.8 Å². The number of hydrogen-bond acceptors (Lipinski definition) is 4. The van der Waals surface area contributed by atoms with Gasteiger partial charge in [-0.15, -0.1) is 0 Å². The smallest absolute Gasteiger partial charge is 0.161 e. The highest BCUT2D eigenvalue weighted by Gasteiger charge is 2.28. The molecule has 4 heterocycles. The molecule has 322 valence electrons. The quantitative estimate of drug-likeness (QED) is 0.187. The summed E-state index contributed by atoms with van der Waals surface area (Å²) >= 11 is 0. The van der Waals surface area contributed by atoms with Crippen LogP contribution >= 0.6 is 0 Å². The third kappa shape index (κ3) is 5.79. The van der Waals surface area contributed by atoms with Crippen molar-refractivity contribution in [2.24, 2.45) is 9.98 Å². The highest BCUT2D eigenvalue weighted by atomic mass is 16.3. The molecule has 69 heavy (non-hydrogen) atoms. The standard InChI is InChI=1S/C63H39N5O/c1-2-21-45(22-3-1)67-54-27-12-10-23-46(54)48-25-14-26-49(60(48)67)62-64-61(44-30-29-38-15-4-5-16-39(38)31-44)65-63(66-62)53-36-52-47-24-11-13-28-58(47)69-59(52)37-57(53)68-55-34-42-19-8-6-17-40(42)32-50(55)51-33-41-18-7-9-20-43(41)35-56(51)68/h1-37,61H,(H,64,65,66). The van der Waals surface area contributed by atoms with Crippen molar-refractivity contribution in [2.75, 3.05) is 0 Å². The summed E-state index contributed by atoms with van der Waals surface area (Å²) in [5, 5.41) is 17.8. The van der Waals surface area contributed by atoms with E-state index in [0.29, 0.717) is 5.84 Å². The minimum Gasteiger partial charge on any atom is -0.456 e. The molecule has 3 aromatic heterocycles. The number of amidine groups is 2. The Bertz CT molecular complexity index is 4440. The predicted octanol–water partition coefficient (Wildman–Crippen LogP) is 15.7. The molecule has 6 nitrogen and oxygen atoms in total. The second-order valence-corrected chi connectivity index (χ2v) is 18.2. The first-order valence-electron chi connectivity index (χ1n) is 23.5. The molecule has 14 aromatic rings. The Balaban J connectivity index is 1.06. The molecule has 6 heteroatoms. The summed E-state index contributed by atoms with van der Waals surface area (Å²) in [7, 11) is 0. The van der Waals surface area contributed by atoms with Gasteiger partial charge in [-0.3, -0.25) is 0 Å². The average molecular weight is 882 g/mol. The van der Waals surface area contributed by atoms with Gasteiger partial charge in [-0.05, 0) is 105 Å². The third-order valence-electron chi connectivity index (χ3n) is 14.3. The first-order valence-corrected chi connectivity index (χ1v) is 23.5. The number of benzene rings is 11. The van der Waals surface area contributed by atoms with Crippen molar-refractivity contribution in [1.82, 2.24) is 14.5 Å². The van der Waals surface area contributed by atoms with E-state index in [1.165, 1.54) is 43.1 Å². The molecule has 1 N–H and O–H groups in total. The summed E-state index contributed by atoms with van der Waals surface area (Å²) in [6, 6.07) is 80.5. The van der Waals surface area contributed by atoms with Gasteiger partial charge in [0.25, 0.3) is 0 Å². The molecule has 0 fully saturated rings. The fourth-order valence-corrected chi connectivity index (χ4v) is 11.1. The Morgan fingerprint density at radius 1 is 0.391 bits per heavy atom. The van der Waals surface area contributed by atoms with Crippen molar-refractivity contribution in [1.29, 1.82) is 0 Å². The summed E-state index contributed by atoms with van der Waals surface area (Å²) in [5.74, 6) is 1.37. The van der Waals surface area contributed by atoms with Crippen LogP contribution in [0.5, 0.6) is 0 Å². The van der Waals surface area contributed by atoms with E-state index < -0.39 is 6.17 Å². The fourth-order valence-electron chi connectivity index (χ4n) is 11.1. The summed E-state index contributed by atoms with van der Waals surface area (Å²) < 4.78 is 11.6. The lowest BCUT2D eigenvalue weighted by molar-refractivity contribution is 0.668. The van der Waals surface area contributed by atoms with Gasteiger partial charge in [0.15, 0.2) is 5.84 Å². The maximum absolute atomic E-state index is 6.75. The second kappa shape index (κ2) is 14.6. The van der Waals surface area contributed by atoms with E-state index in [1.807, 2.05) is 6.07 Å². The number of aromatic nitrogens is 2. The topological polar surface area (TPSA) is 59.8 Å². The molecule has 11 aromatic carbocycles. The zero-order chi connectivity index (χ0) is 45.2. The normalized spacial score (nSPS) is 14.2. The molecule has 0 bridgehead atoms. The van der Waals surface area contributed by atoms with Crippen molar-refractivity contribution >= 4 is 110 Å². The first kappa shape index (κ1) is 37.9. The highest BCUT2D eigenvalue weighted by molar-refractivity contribution is 6.24. The van der Waals surface area contributed by atoms with Gasteiger partial charge in [-0.25, -0.2) is 9.98 Å². The summed E-state index contributed by atoms with van der Waals surface area (Å²) in [5.41, 5.74) is 11.0. The zero-order valence-electron chi connectivity index (χ0n) is 37.1. The third-order valence-corrected chi connectivity index (χ3v) is 14.3. The van der Waals surface area contributed by atoms with Gasteiger partial charge in [0.1, 0.15) is 23.2 Å². The number of hydrogen-bond donors (Lipinski definition) is 1. The van der Waals surface area contributed by atoms with E-state index in [2.05, 4.69) is 233 Å². The minimum atomic E-state index is -0.474. The number of rotatable bonds is 5. The predicted molar refractivity (Wildman–Crippen MR) is 287 cm³/mol. The molecule has 1 aliphatic heterocycles. The molecule has 1 atom stereocenters. The molecule has 0 aliphatic carbocycles. The van der Waals surface area contributed by atoms with E-state index in [9.17, 15) is 0 Å². The Morgan fingerprint density at radius 3 is 1.74 bits per heavy atom. The van der Waals surface area contributed by atoms with E-state index in [1.54, 1.807) is 0 Å². The van der Waals surface area contributed by atoms with Gasteiger partial charge in [-0.1, -0.05) is 152 Å². The molecule has 0 amide bonds. The monoisotopic (exact) mass is 881 g/mol. The number of para-hydroxylation sites is 4. The van der Waals surface area contributed by atoms with Gasteiger partial charge in [-0.2, -0.15) is 0 Å². The Kier molecular flexibility index (Phi) is 8.03. The molecule has 15 rings (SSSR count). The number of furan rings is 1. The Labute approximate surface area is 395 Å². The maximum Gasteiger partial charge on any atom is 0.161 e. The average Bonchev–Trinajstić information content (AvgIpc) is 4.05. The first-order chi connectivity index (χ1) is 34.2. The van der Waals surface area contributed by atoms with E-state index in [0.717, 1.165) is 88.7 Å². The van der Waals surface area contributed by atoms with Crippen LogP contribution in [0.1, 0.15) is 22.9 Å². The van der Waals surface area contributed by atoms with Crippen LogP contribution in [0.4, 0.5) is 0 Å². The van der Waals surface area contributed by atoms with Gasteiger partial charge < -0.3 is 18.9 Å². The van der Waals surface area contributed by atoms with Crippen LogP contribution in [0.2, 0.25) is 0 Å². The van der Waals surface area contributed by atoms with Crippen molar-refractivity contribution in [3.63, 3.8) is 0 Å². The number of aliphatic imine (C=N–C) groups is 2. The van der Waals surface area contributed by atoms with Gasteiger partial charge in [0.2, 0.25) is 0 Å². The van der Waals surface area contributed by atoms with Crippen LogP contribution in [0.3, 0.4) is 0 Å². The molecule has 1 unspecified atom stereocenters. The highest BCUT2D eigenvalue weighted by Crippen LogP contribution is 2.42. The van der Waals surface area contributed by atoms with E-state index in [4.69, 9.17) is 14.4 Å². The lowest BCUT2D eigenvalue weighted by Crippen LogP contribution is -2.34. The summed E-state index contributed by atoms with van der Waals surface area (Å²) in [6.07, 6.45) is -0.474. The molecule has 0 spiro atoms. The lowest BCUT2D eigenvalue weighted by atomic mass is 10.0. The second-order valence-electron chi connectivity index (χ2n) is 18.2. The summed E-state index contributed by atoms with van der Waals surface area (Å²) in [6.45, 7) is 0. The molecule has 1 aliphatic rings. The molecular weight excluding hydrogens is 843 g/mol. The van der Waals surface area contributed by atoms with Crippen LogP contribution in [0.25, 0.3) is 109 Å². The van der Waals surface area contributed by atoms with Crippen molar-refractivity contribution in [3.05, 3.63) is 241 Å². The van der Waals surface area contributed by atoms with Crippen LogP contribution in [0, 0.1) is 0 Å². The minimum absolute atomic E-state index is 0.474. The Hall–Kier alpha value is -9.26. The zero-order valence-corrected chi connectivity index (χ0v) is 37.1. The fraction of sp³-hybridized carbons (Fsp3) is 0.0159. The largest absolute Gasteiger partial charge is 0.456 e. The van der Waals surface area contributed by atoms with Crippen LogP contribution in [-0.2, 0) is 0 Å².